The van der Waals surface area contributed by atoms with Crippen LogP contribution in [0.15, 0.2) is 18.2 Å². The fraction of sp³-hybridized carbons (Fsp3) is 0.625. The maximum atomic E-state index is 13.5. The van der Waals surface area contributed by atoms with Crippen LogP contribution in [-0.2, 0) is 0 Å². The lowest BCUT2D eigenvalue weighted by Crippen LogP contribution is -2.39. The number of benzene rings is 1. The van der Waals surface area contributed by atoms with Gasteiger partial charge in [0.25, 0.3) is 0 Å². The first kappa shape index (κ1) is 14.3. The molecule has 106 valence electrons. The van der Waals surface area contributed by atoms with Crippen LogP contribution in [0.1, 0.15) is 32.3 Å². The van der Waals surface area contributed by atoms with Gasteiger partial charge in [-0.3, -0.25) is 0 Å². The van der Waals surface area contributed by atoms with E-state index >= 15 is 0 Å². The average molecular weight is 264 g/mol. The zero-order chi connectivity index (χ0) is 13.8. The zero-order valence-electron chi connectivity index (χ0n) is 12.2. The van der Waals surface area contributed by atoms with Gasteiger partial charge in [-0.15, -0.1) is 0 Å². The number of hydrogen-bond acceptors (Lipinski definition) is 2. The molecule has 0 saturated carbocycles. The Morgan fingerprint density at radius 2 is 2.05 bits per heavy atom. The van der Waals surface area contributed by atoms with Crippen molar-refractivity contribution in [1.82, 2.24) is 4.90 Å². The van der Waals surface area contributed by atoms with Gasteiger partial charge in [-0.2, -0.15) is 0 Å². The summed E-state index contributed by atoms with van der Waals surface area (Å²) < 4.78 is 13.5. The maximum absolute atomic E-state index is 13.5. The number of piperidine rings is 1. The Hall–Kier alpha value is -1.09. The van der Waals surface area contributed by atoms with E-state index in [-0.39, 0.29) is 5.82 Å². The van der Waals surface area contributed by atoms with Crippen molar-refractivity contribution in [2.75, 3.05) is 25.0 Å². The van der Waals surface area contributed by atoms with E-state index in [4.69, 9.17) is 0 Å². The van der Waals surface area contributed by atoms with Crippen molar-refractivity contribution in [2.24, 2.45) is 5.92 Å². The normalized spacial score (nSPS) is 19.4. The van der Waals surface area contributed by atoms with Crippen molar-refractivity contribution in [1.29, 1.82) is 0 Å². The first-order chi connectivity index (χ1) is 9.11. The SMILES string of the molecule is CCN1CCC(C(C)Nc2cccc(F)c2C)CC1. The Balaban J connectivity index is 1.94. The lowest BCUT2D eigenvalue weighted by molar-refractivity contribution is 0.183. The van der Waals surface area contributed by atoms with E-state index in [1.165, 1.54) is 32.0 Å². The van der Waals surface area contributed by atoms with E-state index in [0.29, 0.717) is 12.0 Å². The number of halogens is 1. The fourth-order valence-electron chi connectivity index (χ4n) is 2.90. The molecule has 1 unspecified atom stereocenters. The van der Waals surface area contributed by atoms with Crippen LogP contribution in [-0.4, -0.2) is 30.6 Å². The molecule has 0 aromatic heterocycles. The van der Waals surface area contributed by atoms with Crippen LogP contribution in [0, 0.1) is 18.7 Å². The van der Waals surface area contributed by atoms with Crippen molar-refractivity contribution in [3.05, 3.63) is 29.6 Å². The van der Waals surface area contributed by atoms with Gasteiger partial charge in [0.2, 0.25) is 0 Å². The molecule has 1 aliphatic heterocycles. The van der Waals surface area contributed by atoms with E-state index < -0.39 is 0 Å². The predicted octanol–water partition coefficient (Wildman–Crippen LogP) is 3.67. The lowest BCUT2D eigenvalue weighted by Gasteiger charge is -2.35. The summed E-state index contributed by atoms with van der Waals surface area (Å²) in [5.41, 5.74) is 1.66. The second-order valence-electron chi connectivity index (χ2n) is 5.62. The van der Waals surface area contributed by atoms with Crippen molar-refractivity contribution in [3.63, 3.8) is 0 Å². The van der Waals surface area contributed by atoms with Gasteiger partial charge >= 0.3 is 0 Å². The largest absolute Gasteiger partial charge is 0.382 e. The van der Waals surface area contributed by atoms with Crippen LogP contribution >= 0.6 is 0 Å². The van der Waals surface area contributed by atoms with Gasteiger partial charge < -0.3 is 10.2 Å². The first-order valence-electron chi connectivity index (χ1n) is 7.35. The number of anilines is 1. The molecule has 1 N–H and O–H groups in total. The Labute approximate surface area is 116 Å². The Morgan fingerprint density at radius 1 is 1.37 bits per heavy atom. The molecular formula is C16H25FN2. The van der Waals surface area contributed by atoms with Gasteiger partial charge in [0, 0.05) is 17.3 Å². The topological polar surface area (TPSA) is 15.3 Å². The molecule has 0 radical (unpaired) electrons. The molecule has 3 heteroatoms. The molecule has 1 fully saturated rings. The second-order valence-corrected chi connectivity index (χ2v) is 5.62. The fourth-order valence-corrected chi connectivity index (χ4v) is 2.90. The molecule has 1 aromatic carbocycles. The summed E-state index contributed by atoms with van der Waals surface area (Å²) in [5, 5.41) is 3.50. The second kappa shape index (κ2) is 6.38. The lowest BCUT2D eigenvalue weighted by atomic mass is 9.90. The summed E-state index contributed by atoms with van der Waals surface area (Å²) in [6.45, 7) is 9.81. The van der Waals surface area contributed by atoms with Gasteiger partial charge in [-0.25, -0.2) is 4.39 Å². The van der Waals surface area contributed by atoms with Crippen molar-refractivity contribution < 1.29 is 4.39 Å². The molecule has 19 heavy (non-hydrogen) atoms. The van der Waals surface area contributed by atoms with Gasteiger partial charge in [0.05, 0.1) is 0 Å². The third-order valence-corrected chi connectivity index (χ3v) is 4.44. The minimum Gasteiger partial charge on any atom is -0.382 e. The molecule has 0 aliphatic carbocycles. The molecule has 0 bridgehead atoms. The summed E-state index contributed by atoms with van der Waals surface area (Å²) in [4.78, 5) is 2.50. The van der Waals surface area contributed by atoms with Gasteiger partial charge in [0.15, 0.2) is 0 Å². The quantitative estimate of drug-likeness (QED) is 0.892. The molecule has 1 aromatic rings. The minimum atomic E-state index is -0.127. The van der Waals surface area contributed by atoms with Crippen LogP contribution < -0.4 is 5.32 Å². The molecule has 1 aliphatic rings. The Morgan fingerprint density at radius 3 is 2.68 bits per heavy atom. The molecule has 2 rings (SSSR count). The van der Waals surface area contributed by atoms with E-state index in [9.17, 15) is 4.39 Å². The van der Waals surface area contributed by atoms with Gasteiger partial charge in [-0.1, -0.05) is 13.0 Å². The summed E-state index contributed by atoms with van der Waals surface area (Å²) in [6, 6.07) is 5.66. The number of nitrogens with one attached hydrogen (secondary N) is 1. The molecule has 0 spiro atoms. The smallest absolute Gasteiger partial charge is 0.128 e. The highest BCUT2D eigenvalue weighted by atomic mass is 19.1. The minimum absolute atomic E-state index is 0.127. The third kappa shape index (κ3) is 3.47. The van der Waals surface area contributed by atoms with Crippen molar-refractivity contribution >= 4 is 5.69 Å². The Bertz CT molecular complexity index is 411. The molecule has 0 amide bonds. The highest BCUT2D eigenvalue weighted by molar-refractivity contribution is 5.51. The van der Waals surface area contributed by atoms with Crippen LogP contribution in [0.3, 0.4) is 0 Å². The molecule has 1 saturated heterocycles. The van der Waals surface area contributed by atoms with Crippen molar-refractivity contribution in [3.8, 4) is 0 Å². The van der Waals surface area contributed by atoms with Crippen LogP contribution in [0.2, 0.25) is 0 Å². The standard InChI is InChI=1S/C16H25FN2/c1-4-19-10-8-14(9-11-19)13(3)18-16-7-5-6-15(17)12(16)2/h5-7,13-14,18H,4,8-11H2,1-3H3. The monoisotopic (exact) mass is 264 g/mol. The van der Waals surface area contributed by atoms with Crippen LogP contribution in [0.5, 0.6) is 0 Å². The highest BCUT2D eigenvalue weighted by Gasteiger charge is 2.23. The third-order valence-electron chi connectivity index (χ3n) is 4.44. The van der Waals surface area contributed by atoms with E-state index in [0.717, 1.165) is 17.8 Å². The van der Waals surface area contributed by atoms with E-state index in [2.05, 4.69) is 24.1 Å². The van der Waals surface area contributed by atoms with Gasteiger partial charge in [0.1, 0.15) is 5.82 Å². The number of rotatable bonds is 4. The predicted molar refractivity (Wildman–Crippen MR) is 79.1 cm³/mol. The number of nitrogens with zero attached hydrogens (tertiary/aromatic N) is 1. The van der Waals surface area contributed by atoms with Gasteiger partial charge in [-0.05, 0) is 64.4 Å². The number of likely N-dealkylation sites (tertiary alicyclic amines) is 1. The van der Waals surface area contributed by atoms with Crippen LogP contribution in [0.4, 0.5) is 10.1 Å². The van der Waals surface area contributed by atoms with E-state index in [1.807, 2.05) is 13.0 Å². The average Bonchev–Trinajstić information content (AvgIpc) is 2.44. The first-order valence-corrected chi connectivity index (χ1v) is 7.35. The van der Waals surface area contributed by atoms with E-state index in [1.54, 1.807) is 6.07 Å². The summed E-state index contributed by atoms with van der Waals surface area (Å²) >= 11 is 0. The Kier molecular flexibility index (Phi) is 4.81. The van der Waals surface area contributed by atoms with Crippen molar-refractivity contribution in [2.45, 2.75) is 39.7 Å². The summed E-state index contributed by atoms with van der Waals surface area (Å²) in [6.07, 6.45) is 2.47. The van der Waals surface area contributed by atoms with Crippen LogP contribution in [0.25, 0.3) is 0 Å². The molecule has 1 heterocycles. The summed E-state index contributed by atoms with van der Waals surface area (Å²) in [5.74, 6) is 0.559. The summed E-state index contributed by atoms with van der Waals surface area (Å²) in [7, 11) is 0. The molecular weight excluding hydrogens is 239 g/mol. The zero-order valence-corrected chi connectivity index (χ0v) is 12.2. The number of hydrogen-bond donors (Lipinski definition) is 1. The highest BCUT2D eigenvalue weighted by Crippen LogP contribution is 2.25. The molecule has 1 atom stereocenters. The molecule has 2 nitrogen and oxygen atoms in total. The maximum Gasteiger partial charge on any atom is 0.128 e.